The number of anilines is 1. The second-order valence-electron chi connectivity index (χ2n) is 2.42. The second-order valence-corrected chi connectivity index (χ2v) is 4.23. The van der Waals surface area contributed by atoms with Crippen LogP contribution >= 0.6 is 27.3 Å². The molecule has 0 aromatic carbocycles. The number of halogens is 1. The van der Waals surface area contributed by atoms with Gasteiger partial charge in [0.2, 0.25) is 0 Å². The van der Waals surface area contributed by atoms with Crippen LogP contribution in [-0.2, 0) is 7.05 Å². The van der Waals surface area contributed by atoms with Crippen LogP contribution in [0, 0.1) is 0 Å². The Morgan fingerprint density at radius 3 is 2.85 bits per heavy atom. The average molecular weight is 260 g/mol. The van der Waals surface area contributed by atoms with Crippen LogP contribution in [0.25, 0.3) is 10.6 Å². The highest BCUT2D eigenvalue weighted by molar-refractivity contribution is 9.10. The van der Waals surface area contributed by atoms with E-state index in [0.29, 0.717) is 9.73 Å². The third-order valence-corrected chi connectivity index (χ3v) is 2.91. The van der Waals surface area contributed by atoms with Gasteiger partial charge in [0.25, 0.3) is 0 Å². The van der Waals surface area contributed by atoms with Crippen molar-refractivity contribution >= 4 is 32.4 Å². The van der Waals surface area contributed by atoms with E-state index < -0.39 is 0 Å². The molecular formula is C6H6BrN5S. The van der Waals surface area contributed by atoms with Crippen LogP contribution in [0.2, 0.25) is 0 Å². The Morgan fingerprint density at radius 1 is 1.62 bits per heavy atom. The lowest BCUT2D eigenvalue weighted by molar-refractivity contribution is 0.720. The Balaban J connectivity index is 2.57. The number of aromatic nitrogens is 4. The van der Waals surface area contributed by atoms with Gasteiger partial charge < -0.3 is 5.73 Å². The first-order valence-corrected chi connectivity index (χ1v) is 5.06. The van der Waals surface area contributed by atoms with Crippen LogP contribution in [0.5, 0.6) is 0 Å². The van der Waals surface area contributed by atoms with Gasteiger partial charge in [0.05, 0.1) is 4.88 Å². The number of thiazole rings is 1. The smallest absolute Gasteiger partial charge is 0.180 e. The molecule has 2 N–H and O–H groups in total. The van der Waals surface area contributed by atoms with Crippen molar-refractivity contribution in [2.24, 2.45) is 7.05 Å². The van der Waals surface area contributed by atoms with Crippen molar-refractivity contribution in [1.82, 2.24) is 20.0 Å². The van der Waals surface area contributed by atoms with Gasteiger partial charge in [-0.25, -0.2) is 9.67 Å². The highest BCUT2D eigenvalue weighted by atomic mass is 79.9. The maximum absolute atomic E-state index is 5.53. The molecule has 0 radical (unpaired) electrons. The first-order valence-electron chi connectivity index (χ1n) is 3.45. The Morgan fingerprint density at radius 2 is 2.38 bits per heavy atom. The number of rotatable bonds is 1. The topological polar surface area (TPSA) is 69.6 Å². The van der Waals surface area contributed by atoms with E-state index >= 15 is 0 Å². The molecule has 0 saturated heterocycles. The van der Waals surface area contributed by atoms with Gasteiger partial charge in [-0.15, -0.1) is 5.10 Å². The molecule has 0 aliphatic carbocycles. The normalized spacial score (nSPS) is 10.6. The molecule has 13 heavy (non-hydrogen) atoms. The molecule has 0 amide bonds. The minimum Gasteiger partial charge on any atom is -0.375 e. The molecule has 0 saturated carbocycles. The monoisotopic (exact) mass is 259 g/mol. The molecule has 5 nitrogen and oxygen atoms in total. The zero-order valence-electron chi connectivity index (χ0n) is 6.73. The fourth-order valence-corrected chi connectivity index (χ4v) is 2.42. The molecular weight excluding hydrogens is 254 g/mol. The van der Waals surface area contributed by atoms with Crippen molar-refractivity contribution in [2.45, 2.75) is 0 Å². The zero-order chi connectivity index (χ0) is 9.42. The van der Waals surface area contributed by atoms with Gasteiger partial charge in [0.1, 0.15) is 5.69 Å². The van der Waals surface area contributed by atoms with Gasteiger partial charge in [-0.3, -0.25) is 0 Å². The maximum Gasteiger partial charge on any atom is 0.180 e. The van der Waals surface area contributed by atoms with E-state index in [0.717, 1.165) is 10.6 Å². The molecule has 0 atom stereocenters. The Kier molecular flexibility index (Phi) is 2.04. The number of nitrogens with zero attached hydrogens (tertiary/aromatic N) is 4. The summed E-state index contributed by atoms with van der Waals surface area (Å²) in [6.07, 6.45) is 1.71. The summed E-state index contributed by atoms with van der Waals surface area (Å²) in [5.41, 5.74) is 6.42. The van der Waals surface area contributed by atoms with Gasteiger partial charge in [-0.1, -0.05) is 16.6 Å². The largest absolute Gasteiger partial charge is 0.375 e. The predicted molar refractivity (Wildman–Crippen MR) is 54.2 cm³/mol. The highest BCUT2D eigenvalue weighted by Gasteiger charge is 2.12. The molecule has 2 aromatic rings. The lowest BCUT2D eigenvalue weighted by atomic mass is 10.4. The molecule has 68 valence electrons. The quantitative estimate of drug-likeness (QED) is 0.838. The Labute approximate surface area is 86.7 Å². The number of aryl methyl sites for hydroxylation is 1. The van der Waals surface area contributed by atoms with Crippen LogP contribution in [0.3, 0.4) is 0 Å². The van der Waals surface area contributed by atoms with E-state index in [4.69, 9.17) is 5.73 Å². The molecule has 0 unspecified atom stereocenters. The van der Waals surface area contributed by atoms with Crippen LogP contribution in [0.15, 0.2) is 10.8 Å². The second kappa shape index (κ2) is 3.08. The van der Waals surface area contributed by atoms with Crippen LogP contribution in [0.4, 0.5) is 5.13 Å². The van der Waals surface area contributed by atoms with E-state index in [1.54, 1.807) is 10.9 Å². The summed E-state index contributed by atoms with van der Waals surface area (Å²) in [7, 11) is 1.82. The van der Waals surface area contributed by atoms with Crippen LogP contribution in [0.1, 0.15) is 0 Å². The van der Waals surface area contributed by atoms with Crippen molar-refractivity contribution in [3.8, 4) is 10.6 Å². The van der Waals surface area contributed by atoms with Crippen molar-refractivity contribution in [1.29, 1.82) is 0 Å². The van der Waals surface area contributed by atoms with Crippen molar-refractivity contribution < 1.29 is 0 Å². The minimum atomic E-state index is 0.545. The molecule has 2 aromatic heterocycles. The lowest BCUT2D eigenvalue weighted by Gasteiger charge is -1.94. The number of nitrogen functional groups attached to an aromatic ring is 1. The summed E-state index contributed by atoms with van der Waals surface area (Å²) in [4.78, 5) is 4.92. The van der Waals surface area contributed by atoms with Gasteiger partial charge in [0, 0.05) is 13.2 Å². The fourth-order valence-electron chi connectivity index (χ4n) is 0.990. The van der Waals surface area contributed by atoms with E-state index in [-0.39, 0.29) is 0 Å². The van der Waals surface area contributed by atoms with Gasteiger partial charge in [0.15, 0.2) is 9.73 Å². The summed E-state index contributed by atoms with van der Waals surface area (Å²) in [6, 6.07) is 0. The Hall–Kier alpha value is -0.950. The molecule has 2 heterocycles. The third-order valence-electron chi connectivity index (χ3n) is 1.54. The van der Waals surface area contributed by atoms with Gasteiger partial charge in [-0.05, 0) is 15.9 Å². The summed E-state index contributed by atoms with van der Waals surface area (Å²) >= 11 is 4.72. The van der Waals surface area contributed by atoms with E-state index in [1.807, 2.05) is 7.05 Å². The summed E-state index contributed by atoms with van der Waals surface area (Å²) in [5.74, 6) is 0. The molecule has 0 aliphatic rings. The zero-order valence-corrected chi connectivity index (χ0v) is 9.13. The summed E-state index contributed by atoms with van der Waals surface area (Å²) < 4.78 is 2.38. The van der Waals surface area contributed by atoms with Crippen LogP contribution in [-0.4, -0.2) is 20.0 Å². The van der Waals surface area contributed by atoms with Gasteiger partial charge >= 0.3 is 0 Å². The maximum atomic E-state index is 5.53. The molecule has 0 aliphatic heterocycles. The minimum absolute atomic E-state index is 0.545. The fraction of sp³-hybridized carbons (Fsp3) is 0.167. The van der Waals surface area contributed by atoms with E-state index in [9.17, 15) is 0 Å². The van der Waals surface area contributed by atoms with Crippen molar-refractivity contribution in [3.63, 3.8) is 0 Å². The van der Waals surface area contributed by atoms with Crippen LogP contribution < -0.4 is 5.73 Å². The van der Waals surface area contributed by atoms with Crippen molar-refractivity contribution in [2.75, 3.05) is 5.73 Å². The highest BCUT2D eigenvalue weighted by Crippen LogP contribution is 2.30. The SMILES string of the molecule is Cn1nnc(Br)c1-c1cnc(N)s1. The summed E-state index contributed by atoms with van der Waals surface area (Å²) in [5, 5.41) is 8.27. The first-order chi connectivity index (χ1) is 6.18. The molecule has 7 heteroatoms. The predicted octanol–water partition coefficient (Wildman–Crippen LogP) is 1.28. The number of nitrogens with two attached hydrogens (primary N) is 1. The van der Waals surface area contributed by atoms with E-state index in [1.165, 1.54) is 11.3 Å². The first kappa shape index (κ1) is 8.64. The number of hydrogen-bond donors (Lipinski definition) is 1. The molecule has 2 rings (SSSR count). The lowest BCUT2D eigenvalue weighted by Crippen LogP contribution is -1.92. The average Bonchev–Trinajstić information content (AvgIpc) is 2.60. The molecule has 0 spiro atoms. The van der Waals surface area contributed by atoms with Crippen molar-refractivity contribution in [3.05, 3.63) is 10.8 Å². The number of hydrogen-bond acceptors (Lipinski definition) is 5. The Bertz CT molecular complexity index is 414. The molecule has 0 fully saturated rings. The standard InChI is InChI=1S/C6H6BrN5S/c1-12-4(5(7)10-11-12)3-2-9-6(8)13-3/h2H,1H3,(H2,8,9). The third kappa shape index (κ3) is 1.44. The van der Waals surface area contributed by atoms with Gasteiger partial charge in [-0.2, -0.15) is 0 Å². The van der Waals surface area contributed by atoms with E-state index in [2.05, 4.69) is 31.2 Å². The molecule has 0 bridgehead atoms. The summed E-state index contributed by atoms with van der Waals surface area (Å²) in [6.45, 7) is 0.